The highest BCUT2D eigenvalue weighted by molar-refractivity contribution is 9.10. The molecule has 1 aromatic carbocycles. The van der Waals surface area contributed by atoms with E-state index in [-0.39, 0.29) is 5.82 Å². The highest BCUT2D eigenvalue weighted by Crippen LogP contribution is 2.30. The molecule has 0 radical (unpaired) electrons. The van der Waals surface area contributed by atoms with Crippen molar-refractivity contribution < 1.29 is 8.81 Å². The van der Waals surface area contributed by atoms with E-state index < -0.39 is 0 Å². The van der Waals surface area contributed by atoms with Crippen LogP contribution in [0.1, 0.15) is 12.7 Å². The van der Waals surface area contributed by atoms with Crippen LogP contribution in [-0.4, -0.2) is 6.54 Å². The quantitative estimate of drug-likeness (QED) is 0.873. The normalized spacial score (nSPS) is 10.6. The van der Waals surface area contributed by atoms with Gasteiger partial charge in [0.1, 0.15) is 11.6 Å². The Hall–Kier alpha value is -1.49. The van der Waals surface area contributed by atoms with E-state index in [1.807, 2.05) is 24.0 Å². The lowest BCUT2D eigenvalue weighted by molar-refractivity contribution is 0.503. The number of benzene rings is 1. The number of nitrogen functional groups attached to an aromatic ring is 1. The van der Waals surface area contributed by atoms with Gasteiger partial charge in [-0.05, 0) is 41.1 Å². The molecule has 0 saturated carbocycles. The number of halogens is 2. The maximum Gasteiger partial charge on any atom is 0.139 e. The van der Waals surface area contributed by atoms with Crippen LogP contribution < -0.4 is 10.6 Å². The van der Waals surface area contributed by atoms with Gasteiger partial charge in [-0.1, -0.05) is 0 Å². The van der Waals surface area contributed by atoms with Crippen molar-refractivity contribution in [3.63, 3.8) is 0 Å². The van der Waals surface area contributed by atoms with E-state index in [1.165, 1.54) is 6.07 Å². The van der Waals surface area contributed by atoms with Gasteiger partial charge in [-0.25, -0.2) is 4.39 Å². The summed E-state index contributed by atoms with van der Waals surface area (Å²) in [7, 11) is 0. The molecule has 0 amide bonds. The largest absolute Gasteiger partial charge is 0.467 e. The Morgan fingerprint density at radius 2 is 2.22 bits per heavy atom. The molecule has 0 aliphatic heterocycles. The highest BCUT2D eigenvalue weighted by atomic mass is 79.9. The van der Waals surface area contributed by atoms with Crippen LogP contribution in [0, 0.1) is 5.82 Å². The van der Waals surface area contributed by atoms with E-state index in [9.17, 15) is 4.39 Å². The molecule has 0 spiro atoms. The first-order valence-corrected chi connectivity index (χ1v) is 6.43. The zero-order valence-electron chi connectivity index (χ0n) is 9.99. The Labute approximate surface area is 114 Å². The minimum absolute atomic E-state index is 0.356. The Balaban J connectivity index is 2.30. The lowest BCUT2D eigenvalue weighted by Gasteiger charge is -2.24. The van der Waals surface area contributed by atoms with Crippen LogP contribution >= 0.6 is 15.9 Å². The topological polar surface area (TPSA) is 42.4 Å². The van der Waals surface area contributed by atoms with Crippen LogP contribution in [0.15, 0.2) is 39.4 Å². The van der Waals surface area contributed by atoms with Crippen LogP contribution in [0.3, 0.4) is 0 Å². The van der Waals surface area contributed by atoms with E-state index in [0.717, 1.165) is 18.0 Å². The smallest absolute Gasteiger partial charge is 0.139 e. The van der Waals surface area contributed by atoms with Crippen LogP contribution in [-0.2, 0) is 6.54 Å². The molecule has 2 aromatic rings. The molecule has 0 bridgehead atoms. The van der Waals surface area contributed by atoms with E-state index in [4.69, 9.17) is 10.2 Å². The molecule has 0 aliphatic carbocycles. The first-order chi connectivity index (χ1) is 8.61. The van der Waals surface area contributed by atoms with E-state index in [1.54, 1.807) is 12.3 Å². The van der Waals surface area contributed by atoms with Crippen LogP contribution in [0.4, 0.5) is 15.8 Å². The van der Waals surface area contributed by atoms with E-state index >= 15 is 0 Å². The van der Waals surface area contributed by atoms with Gasteiger partial charge in [-0.3, -0.25) is 0 Å². The van der Waals surface area contributed by atoms with Crippen molar-refractivity contribution in [1.82, 2.24) is 0 Å². The molecule has 1 heterocycles. The third kappa shape index (κ3) is 2.67. The Kier molecular flexibility index (Phi) is 3.91. The van der Waals surface area contributed by atoms with Crippen molar-refractivity contribution in [2.75, 3.05) is 17.2 Å². The van der Waals surface area contributed by atoms with Crippen molar-refractivity contribution in [2.45, 2.75) is 13.5 Å². The van der Waals surface area contributed by atoms with Crippen molar-refractivity contribution >= 4 is 27.3 Å². The van der Waals surface area contributed by atoms with Gasteiger partial charge in [-0.2, -0.15) is 0 Å². The number of rotatable bonds is 4. The molecule has 0 saturated heterocycles. The molecular weight excluding hydrogens is 299 g/mol. The van der Waals surface area contributed by atoms with Crippen LogP contribution in [0.2, 0.25) is 0 Å². The zero-order valence-corrected chi connectivity index (χ0v) is 11.6. The second-order valence-corrected chi connectivity index (χ2v) is 4.77. The monoisotopic (exact) mass is 312 g/mol. The number of furan rings is 1. The lowest BCUT2D eigenvalue weighted by Crippen LogP contribution is -2.23. The van der Waals surface area contributed by atoms with Crippen molar-refractivity contribution in [2.24, 2.45) is 0 Å². The Morgan fingerprint density at radius 3 is 2.83 bits per heavy atom. The fourth-order valence-corrected chi connectivity index (χ4v) is 2.11. The number of hydrogen-bond donors (Lipinski definition) is 1. The van der Waals surface area contributed by atoms with E-state index in [2.05, 4.69) is 15.9 Å². The third-order valence-corrected chi connectivity index (χ3v) is 3.33. The lowest BCUT2D eigenvalue weighted by atomic mass is 10.2. The van der Waals surface area contributed by atoms with Crippen LogP contribution in [0.25, 0.3) is 0 Å². The van der Waals surface area contributed by atoms with Gasteiger partial charge in [0.05, 0.1) is 28.7 Å². The molecule has 2 rings (SSSR count). The summed E-state index contributed by atoms with van der Waals surface area (Å²) in [6, 6.07) is 6.76. The molecule has 0 unspecified atom stereocenters. The van der Waals surface area contributed by atoms with Gasteiger partial charge in [0.15, 0.2) is 0 Å². The summed E-state index contributed by atoms with van der Waals surface area (Å²) in [6.45, 7) is 3.37. The molecule has 0 fully saturated rings. The highest BCUT2D eigenvalue weighted by Gasteiger charge is 2.13. The molecule has 5 heteroatoms. The van der Waals surface area contributed by atoms with Gasteiger partial charge in [0, 0.05) is 12.6 Å². The summed E-state index contributed by atoms with van der Waals surface area (Å²) in [5.41, 5.74) is 7.08. The minimum atomic E-state index is -0.356. The summed E-state index contributed by atoms with van der Waals surface area (Å²) >= 11 is 3.17. The summed E-state index contributed by atoms with van der Waals surface area (Å²) in [5, 5.41) is 0. The molecular formula is C13H14BrFN2O. The molecule has 2 N–H and O–H groups in total. The second-order valence-electron chi connectivity index (χ2n) is 3.92. The van der Waals surface area contributed by atoms with E-state index in [0.29, 0.717) is 16.7 Å². The predicted molar refractivity (Wildman–Crippen MR) is 73.9 cm³/mol. The SMILES string of the molecule is CCN(Cc1ccco1)c1cc(Br)c(F)cc1N. The van der Waals surface area contributed by atoms with Gasteiger partial charge >= 0.3 is 0 Å². The number of hydrogen-bond acceptors (Lipinski definition) is 3. The Morgan fingerprint density at radius 1 is 1.44 bits per heavy atom. The molecule has 0 atom stereocenters. The first kappa shape index (κ1) is 13.0. The molecule has 1 aromatic heterocycles. The summed E-state index contributed by atoms with van der Waals surface area (Å²) in [4.78, 5) is 2.03. The first-order valence-electron chi connectivity index (χ1n) is 5.63. The van der Waals surface area contributed by atoms with Crippen molar-refractivity contribution in [3.8, 4) is 0 Å². The van der Waals surface area contributed by atoms with Crippen molar-refractivity contribution in [1.29, 1.82) is 0 Å². The molecule has 96 valence electrons. The summed E-state index contributed by atoms with van der Waals surface area (Å²) in [6.07, 6.45) is 1.63. The number of nitrogens with zero attached hydrogens (tertiary/aromatic N) is 1. The fourth-order valence-electron chi connectivity index (χ4n) is 1.78. The zero-order chi connectivity index (χ0) is 13.1. The van der Waals surface area contributed by atoms with Gasteiger partial charge < -0.3 is 15.1 Å². The number of nitrogens with two attached hydrogens (primary N) is 1. The standard InChI is InChI=1S/C13H14BrFN2O/c1-2-17(8-9-4-3-5-18-9)13-6-10(14)11(15)7-12(13)16/h3-7H,2,8,16H2,1H3. The van der Waals surface area contributed by atoms with Gasteiger partial charge in [0.25, 0.3) is 0 Å². The minimum Gasteiger partial charge on any atom is -0.467 e. The second kappa shape index (κ2) is 5.44. The van der Waals surface area contributed by atoms with Gasteiger partial charge in [0.2, 0.25) is 0 Å². The third-order valence-electron chi connectivity index (χ3n) is 2.72. The summed E-state index contributed by atoms with van der Waals surface area (Å²) < 4.78 is 19.1. The molecule has 0 aliphatic rings. The maximum atomic E-state index is 13.3. The predicted octanol–water partition coefficient (Wildman–Crippen LogP) is 3.79. The summed E-state index contributed by atoms with van der Waals surface area (Å²) in [5.74, 6) is 0.488. The maximum absolute atomic E-state index is 13.3. The Bertz CT molecular complexity index is 528. The van der Waals surface area contributed by atoms with Crippen molar-refractivity contribution in [3.05, 3.63) is 46.6 Å². The average molecular weight is 313 g/mol. The van der Waals surface area contributed by atoms with Crippen LogP contribution in [0.5, 0.6) is 0 Å². The number of anilines is 2. The molecule has 18 heavy (non-hydrogen) atoms. The average Bonchev–Trinajstić information content (AvgIpc) is 2.84. The molecule has 3 nitrogen and oxygen atoms in total. The fraction of sp³-hybridized carbons (Fsp3) is 0.231. The van der Waals surface area contributed by atoms with Gasteiger partial charge in [-0.15, -0.1) is 0 Å².